The first-order valence-electron chi connectivity index (χ1n) is 9.29. The van der Waals surface area contributed by atoms with Gasteiger partial charge in [0.25, 0.3) is 0 Å². The lowest BCUT2D eigenvalue weighted by Crippen LogP contribution is -2.05. The standard InChI is InChI=1S/C23H21Cl2F2NO/c1-3-28-17-11-19(24)18(20(25)12-17)10-15-6-9-21(29)22(23(15)27)13(2)14-4-7-16(26)8-5-14/h4-9,11-13,28-29H,3,10H2,1-2H3. The van der Waals surface area contributed by atoms with E-state index in [9.17, 15) is 9.50 Å². The van der Waals surface area contributed by atoms with Crippen LogP contribution in [0.25, 0.3) is 0 Å². The SMILES string of the molecule is CCNc1cc(Cl)c(Cc2ccc(O)c(C(C)c3ccc(F)cc3)c2F)c(Cl)c1. The minimum Gasteiger partial charge on any atom is -0.508 e. The van der Waals surface area contributed by atoms with Gasteiger partial charge >= 0.3 is 0 Å². The van der Waals surface area contributed by atoms with Crippen LogP contribution in [-0.2, 0) is 6.42 Å². The first-order valence-corrected chi connectivity index (χ1v) is 10.0. The Labute approximate surface area is 179 Å². The number of hydrogen-bond donors (Lipinski definition) is 2. The molecule has 0 spiro atoms. The number of benzene rings is 3. The number of phenols is 1. The van der Waals surface area contributed by atoms with Crippen molar-refractivity contribution in [2.75, 3.05) is 11.9 Å². The number of phenolic OH excluding ortho intramolecular Hbond substituents is 1. The second-order valence-electron chi connectivity index (χ2n) is 6.87. The average molecular weight is 436 g/mol. The quantitative estimate of drug-likeness (QED) is 0.430. The molecule has 0 aromatic heterocycles. The molecule has 0 saturated carbocycles. The van der Waals surface area contributed by atoms with E-state index in [0.717, 1.165) is 12.2 Å². The Morgan fingerprint density at radius 3 is 2.21 bits per heavy atom. The normalized spacial score (nSPS) is 12.1. The maximum atomic E-state index is 15.4. The van der Waals surface area contributed by atoms with Crippen molar-refractivity contribution in [3.8, 4) is 5.75 Å². The highest BCUT2D eigenvalue weighted by atomic mass is 35.5. The Morgan fingerprint density at radius 2 is 1.62 bits per heavy atom. The molecular formula is C23H21Cl2F2NO. The molecule has 3 aromatic carbocycles. The fourth-order valence-electron chi connectivity index (χ4n) is 3.36. The van der Waals surface area contributed by atoms with Crippen LogP contribution in [0.15, 0.2) is 48.5 Å². The van der Waals surface area contributed by atoms with E-state index in [2.05, 4.69) is 5.32 Å². The van der Waals surface area contributed by atoms with E-state index in [0.29, 0.717) is 26.7 Å². The summed E-state index contributed by atoms with van der Waals surface area (Å²) in [5, 5.41) is 14.3. The van der Waals surface area contributed by atoms with Crippen LogP contribution >= 0.6 is 23.2 Å². The van der Waals surface area contributed by atoms with E-state index in [1.54, 1.807) is 31.2 Å². The van der Waals surface area contributed by atoms with Crippen LogP contribution < -0.4 is 5.32 Å². The summed E-state index contributed by atoms with van der Waals surface area (Å²) in [6.45, 7) is 4.45. The maximum Gasteiger partial charge on any atom is 0.134 e. The highest BCUT2D eigenvalue weighted by Gasteiger charge is 2.21. The largest absolute Gasteiger partial charge is 0.508 e. The Morgan fingerprint density at radius 1 is 1.00 bits per heavy atom. The summed E-state index contributed by atoms with van der Waals surface area (Å²) in [6.07, 6.45) is 0.180. The lowest BCUT2D eigenvalue weighted by Gasteiger charge is -2.18. The zero-order valence-corrected chi connectivity index (χ0v) is 17.6. The number of anilines is 1. The molecule has 29 heavy (non-hydrogen) atoms. The Kier molecular flexibility index (Phi) is 6.66. The molecular weight excluding hydrogens is 415 g/mol. The molecule has 3 rings (SSSR count). The van der Waals surface area contributed by atoms with Crippen molar-refractivity contribution in [1.29, 1.82) is 0 Å². The molecule has 0 heterocycles. The van der Waals surface area contributed by atoms with Crippen LogP contribution in [0.3, 0.4) is 0 Å². The van der Waals surface area contributed by atoms with Crippen LogP contribution in [-0.4, -0.2) is 11.7 Å². The predicted molar refractivity (Wildman–Crippen MR) is 115 cm³/mol. The van der Waals surface area contributed by atoms with Gasteiger partial charge in [-0.3, -0.25) is 0 Å². The maximum absolute atomic E-state index is 15.4. The van der Waals surface area contributed by atoms with E-state index in [-0.39, 0.29) is 23.6 Å². The zero-order valence-electron chi connectivity index (χ0n) is 16.1. The lowest BCUT2D eigenvalue weighted by molar-refractivity contribution is 0.454. The van der Waals surface area contributed by atoms with Gasteiger partial charge in [-0.25, -0.2) is 8.78 Å². The van der Waals surface area contributed by atoms with Gasteiger partial charge in [-0.2, -0.15) is 0 Å². The smallest absolute Gasteiger partial charge is 0.134 e. The molecule has 0 aliphatic heterocycles. The molecule has 0 saturated heterocycles. The average Bonchev–Trinajstić information content (AvgIpc) is 2.67. The third-order valence-corrected chi connectivity index (χ3v) is 5.60. The van der Waals surface area contributed by atoms with Crippen molar-refractivity contribution in [2.24, 2.45) is 0 Å². The Balaban J connectivity index is 1.98. The Bertz CT molecular complexity index is 999. The lowest BCUT2D eigenvalue weighted by atomic mass is 9.89. The molecule has 1 unspecified atom stereocenters. The second kappa shape index (κ2) is 9.02. The van der Waals surface area contributed by atoms with Crippen molar-refractivity contribution >= 4 is 28.9 Å². The van der Waals surface area contributed by atoms with Crippen LogP contribution in [0.2, 0.25) is 10.0 Å². The van der Waals surface area contributed by atoms with E-state index in [4.69, 9.17) is 23.2 Å². The molecule has 3 aromatic rings. The minimum absolute atomic E-state index is 0.150. The topological polar surface area (TPSA) is 32.3 Å². The van der Waals surface area contributed by atoms with E-state index in [1.807, 2.05) is 6.92 Å². The predicted octanol–water partition coefficient (Wildman–Crippen LogP) is 7.15. The number of nitrogens with one attached hydrogen (secondary N) is 1. The fraction of sp³-hybridized carbons (Fsp3) is 0.217. The first kappa shape index (κ1) is 21.4. The van der Waals surface area contributed by atoms with Gasteiger partial charge in [0.15, 0.2) is 0 Å². The van der Waals surface area contributed by atoms with Crippen molar-refractivity contribution < 1.29 is 13.9 Å². The van der Waals surface area contributed by atoms with Crippen LogP contribution in [0.5, 0.6) is 5.75 Å². The summed E-state index contributed by atoms with van der Waals surface area (Å²) >= 11 is 12.8. The van der Waals surface area contributed by atoms with Gasteiger partial charge in [0.05, 0.1) is 0 Å². The Hall–Kier alpha value is -2.30. The van der Waals surface area contributed by atoms with Gasteiger partial charge in [-0.1, -0.05) is 48.3 Å². The molecule has 1 atom stereocenters. The first-order chi connectivity index (χ1) is 13.8. The molecule has 2 nitrogen and oxygen atoms in total. The summed E-state index contributed by atoms with van der Waals surface area (Å²) in [5.74, 6) is -1.50. The summed E-state index contributed by atoms with van der Waals surface area (Å²) in [4.78, 5) is 0. The highest BCUT2D eigenvalue weighted by molar-refractivity contribution is 6.36. The molecule has 152 valence electrons. The van der Waals surface area contributed by atoms with E-state index >= 15 is 4.39 Å². The van der Waals surface area contributed by atoms with Gasteiger partial charge in [-0.15, -0.1) is 0 Å². The second-order valence-corrected chi connectivity index (χ2v) is 7.68. The van der Waals surface area contributed by atoms with Crippen molar-refractivity contribution in [1.82, 2.24) is 0 Å². The van der Waals surface area contributed by atoms with Crippen molar-refractivity contribution in [3.63, 3.8) is 0 Å². The van der Waals surface area contributed by atoms with E-state index in [1.165, 1.54) is 24.3 Å². The molecule has 0 amide bonds. The molecule has 2 N–H and O–H groups in total. The highest BCUT2D eigenvalue weighted by Crippen LogP contribution is 2.37. The number of halogens is 4. The fourth-order valence-corrected chi connectivity index (χ4v) is 3.98. The molecule has 0 fully saturated rings. The third kappa shape index (κ3) is 4.65. The van der Waals surface area contributed by atoms with Crippen molar-refractivity contribution in [3.05, 3.63) is 92.5 Å². The number of aromatic hydroxyl groups is 1. The van der Waals surface area contributed by atoms with Crippen LogP contribution in [0.1, 0.15) is 42.0 Å². The number of rotatable bonds is 6. The zero-order chi connectivity index (χ0) is 21.1. The minimum atomic E-state index is -0.523. The van der Waals surface area contributed by atoms with Gasteiger partial charge < -0.3 is 10.4 Å². The molecule has 0 radical (unpaired) electrons. The summed E-state index contributed by atoms with van der Waals surface area (Å²) < 4.78 is 28.6. The van der Waals surface area contributed by atoms with E-state index < -0.39 is 11.7 Å². The van der Waals surface area contributed by atoms with Crippen LogP contribution in [0, 0.1) is 11.6 Å². The summed E-state index contributed by atoms with van der Waals surface area (Å²) in [5.41, 5.74) is 2.63. The van der Waals surface area contributed by atoms with Gasteiger partial charge in [0, 0.05) is 40.2 Å². The molecule has 0 bridgehead atoms. The van der Waals surface area contributed by atoms with Gasteiger partial charge in [0.2, 0.25) is 0 Å². The van der Waals surface area contributed by atoms with Crippen molar-refractivity contribution in [2.45, 2.75) is 26.2 Å². The molecule has 0 aliphatic carbocycles. The third-order valence-electron chi connectivity index (χ3n) is 4.93. The molecule has 0 aliphatic rings. The monoisotopic (exact) mass is 435 g/mol. The molecule has 6 heteroatoms. The summed E-state index contributed by atoms with van der Waals surface area (Å²) in [6, 6.07) is 12.3. The van der Waals surface area contributed by atoms with Gasteiger partial charge in [0.1, 0.15) is 17.4 Å². The van der Waals surface area contributed by atoms with Crippen LogP contribution in [0.4, 0.5) is 14.5 Å². The summed E-state index contributed by atoms with van der Waals surface area (Å²) in [7, 11) is 0. The van der Waals surface area contributed by atoms with Gasteiger partial charge in [-0.05, 0) is 53.9 Å². The number of hydrogen-bond acceptors (Lipinski definition) is 2.